The molecule has 0 amide bonds. The monoisotopic (exact) mass is 450 g/mol. The Bertz CT molecular complexity index is 1290. The highest BCUT2D eigenvalue weighted by Gasteiger charge is 2.20. The Labute approximate surface area is 191 Å². The van der Waals surface area contributed by atoms with Crippen LogP contribution in [0.1, 0.15) is 43.9 Å². The van der Waals surface area contributed by atoms with Gasteiger partial charge in [-0.2, -0.15) is 0 Å². The van der Waals surface area contributed by atoms with E-state index in [0.29, 0.717) is 27.8 Å². The predicted molar refractivity (Wildman–Crippen MR) is 126 cm³/mol. The zero-order valence-corrected chi connectivity index (χ0v) is 19.1. The van der Waals surface area contributed by atoms with Gasteiger partial charge in [-0.25, -0.2) is 14.4 Å². The van der Waals surface area contributed by atoms with Crippen LogP contribution in [0.5, 0.6) is 0 Å². The van der Waals surface area contributed by atoms with Crippen molar-refractivity contribution in [2.75, 3.05) is 5.32 Å². The molecular formula is C25H24ClFN4O. The van der Waals surface area contributed by atoms with Crippen LogP contribution in [0.3, 0.4) is 0 Å². The molecule has 0 spiro atoms. The molecule has 2 aromatic carbocycles. The number of hydrogen-bond donors (Lipinski definition) is 2. The van der Waals surface area contributed by atoms with Gasteiger partial charge in [0.25, 0.3) is 0 Å². The second-order valence-corrected chi connectivity index (χ2v) is 8.74. The van der Waals surface area contributed by atoms with E-state index in [1.165, 1.54) is 6.07 Å². The molecule has 7 heteroatoms. The number of aliphatic hydroxyl groups is 1. The van der Waals surface area contributed by atoms with Crippen molar-refractivity contribution < 1.29 is 9.50 Å². The van der Waals surface area contributed by atoms with Crippen LogP contribution in [-0.4, -0.2) is 20.1 Å². The largest absolute Gasteiger partial charge is 0.382 e. The minimum atomic E-state index is -1.11. The van der Waals surface area contributed by atoms with E-state index in [0.717, 1.165) is 22.0 Å². The number of anilines is 1. The lowest BCUT2D eigenvalue weighted by atomic mass is 10.0. The molecule has 0 fully saturated rings. The van der Waals surface area contributed by atoms with E-state index in [2.05, 4.69) is 20.3 Å². The van der Waals surface area contributed by atoms with Crippen LogP contribution in [0.15, 0.2) is 54.9 Å². The van der Waals surface area contributed by atoms with Gasteiger partial charge in [-0.3, -0.25) is 4.98 Å². The van der Waals surface area contributed by atoms with E-state index in [-0.39, 0.29) is 11.9 Å². The summed E-state index contributed by atoms with van der Waals surface area (Å²) in [5.74, 6) is 0.0758. The summed E-state index contributed by atoms with van der Waals surface area (Å²) in [6, 6.07) is 12.2. The Kier molecular flexibility index (Phi) is 5.84. The number of aryl methyl sites for hydroxylation is 1. The first-order valence-corrected chi connectivity index (χ1v) is 10.7. The lowest BCUT2D eigenvalue weighted by Gasteiger charge is -2.20. The lowest BCUT2D eigenvalue weighted by molar-refractivity contribution is 0.0687. The molecule has 1 atom stereocenters. The standard InChI is InChI=1S/C25H24ClFN4O/c1-14(18-7-5-6-8-20(18)27)31-23-19-11-16(9-10-21(19)30-15(2)22(23)26)17-12-28-24(29-13-17)25(3,4)32/h5-14,32H,1-4H3,(H,30,31). The number of nitrogens with one attached hydrogen (secondary N) is 1. The van der Waals surface area contributed by atoms with Crippen molar-refractivity contribution in [3.63, 3.8) is 0 Å². The first-order valence-electron chi connectivity index (χ1n) is 10.3. The molecule has 164 valence electrons. The van der Waals surface area contributed by atoms with Gasteiger partial charge < -0.3 is 10.4 Å². The molecule has 1 unspecified atom stereocenters. The number of fused-ring (bicyclic) bond motifs is 1. The smallest absolute Gasteiger partial charge is 0.159 e. The van der Waals surface area contributed by atoms with E-state index in [4.69, 9.17) is 11.6 Å². The van der Waals surface area contributed by atoms with Gasteiger partial charge in [0.1, 0.15) is 11.4 Å². The van der Waals surface area contributed by atoms with Crippen molar-refractivity contribution >= 4 is 28.2 Å². The maximum atomic E-state index is 14.3. The highest BCUT2D eigenvalue weighted by atomic mass is 35.5. The molecule has 4 aromatic rings. The minimum Gasteiger partial charge on any atom is -0.382 e. The van der Waals surface area contributed by atoms with Crippen molar-refractivity contribution in [3.05, 3.63) is 82.8 Å². The highest BCUT2D eigenvalue weighted by Crippen LogP contribution is 2.37. The fraction of sp³-hybridized carbons (Fsp3) is 0.240. The Balaban J connectivity index is 1.79. The van der Waals surface area contributed by atoms with E-state index >= 15 is 0 Å². The van der Waals surface area contributed by atoms with Crippen molar-refractivity contribution in [3.8, 4) is 11.1 Å². The molecule has 5 nitrogen and oxygen atoms in total. The van der Waals surface area contributed by atoms with Gasteiger partial charge in [-0.1, -0.05) is 35.9 Å². The quantitative estimate of drug-likeness (QED) is 0.379. The summed E-state index contributed by atoms with van der Waals surface area (Å²) in [5, 5.41) is 14.8. The summed E-state index contributed by atoms with van der Waals surface area (Å²) >= 11 is 6.64. The average molecular weight is 451 g/mol. The zero-order chi connectivity index (χ0) is 23.0. The van der Waals surface area contributed by atoms with Crippen LogP contribution >= 0.6 is 11.6 Å². The van der Waals surface area contributed by atoms with Gasteiger partial charge in [0.05, 0.1) is 28.0 Å². The van der Waals surface area contributed by atoms with Crippen molar-refractivity contribution in [1.82, 2.24) is 15.0 Å². The third-order valence-corrected chi connectivity index (χ3v) is 5.82. The number of rotatable bonds is 5. The summed E-state index contributed by atoms with van der Waals surface area (Å²) in [6.07, 6.45) is 3.36. The van der Waals surface area contributed by atoms with Crippen molar-refractivity contribution in [2.45, 2.75) is 39.3 Å². The van der Waals surface area contributed by atoms with Crippen molar-refractivity contribution in [1.29, 1.82) is 0 Å². The molecular weight excluding hydrogens is 427 g/mol. The van der Waals surface area contributed by atoms with Crippen LogP contribution in [0.4, 0.5) is 10.1 Å². The van der Waals surface area contributed by atoms with Crippen LogP contribution in [-0.2, 0) is 5.60 Å². The van der Waals surface area contributed by atoms with Crippen LogP contribution in [0.2, 0.25) is 5.02 Å². The zero-order valence-electron chi connectivity index (χ0n) is 18.3. The van der Waals surface area contributed by atoms with E-state index in [1.54, 1.807) is 38.4 Å². The molecule has 0 aliphatic heterocycles. The van der Waals surface area contributed by atoms with Gasteiger partial charge in [0, 0.05) is 28.9 Å². The second kappa shape index (κ2) is 8.45. The minimum absolute atomic E-state index is 0.275. The summed E-state index contributed by atoms with van der Waals surface area (Å²) in [5.41, 5.74) is 3.27. The number of pyridine rings is 1. The molecule has 32 heavy (non-hydrogen) atoms. The SMILES string of the molecule is Cc1nc2ccc(-c3cnc(C(C)(C)O)nc3)cc2c(NC(C)c2ccccc2F)c1Cl. The Morgan fingerprint density at radius 2 is 1.75 bits per heavy atom. The van der Waals surface area contributed by atoms with Gasteiger partial charge in [-0.05, 0) is 51.5 Å². The van der Waals surface area contributed by atoms with Crippen LogP contribution in [0, 0.1) is 12.7 Å². The van der Waals surface area contributed by atoms with Gasteiger partial charge in [0.2, 0.25) is 0 Å². The number of halogens is 2. The Morgan fingerprint density at radius 1 is 1.06 bits per heavy atom. The third kappa shape index (κ3) is 4.29. The van der Waals surface area contributed by atoms with E-state index < -0.39 is 5.60 Å². The molecule has 0 aliphatic carbocycles. The maximum absolute atomic E-state index is 14.3. The van der Waals surface area contributed by atoms with E-state index in [1.807, 2.05) is 38.1 Å². The lowest BCUT2D eigenvalue weighted by Crippen LogP contribution is -2.19. The molecule has 0 saturated heterocycles. The molecule has 0 aliphatic rings. The maximum Gasteiger partial charge on any atom is 0.159 e. The normalized spacial score (nSPS) is 12.7. The van der Waals surface area contributed by atoms with Gasteiger partial charge in [0.15, 0.2) is 5.82 Å². The number of hydrogen-bond acceptors (Lipinski definition) is 5. The fourth-order valence-corrected chi connectivity index (χ4v) is 3.80. The molecule has 0 bridgehead atoms. The highest BCUT2D eigenvalue weighted by molar-refractivity contribution is 6.35. The summed E-state index contributed by atoms with van der Waals surface area (Å²) in [4.78, 5) is 13.2. The Morgan fingerprint density at radius 3 is 2.41 bits per heavy atom. The number of aromatic nitrogens is 3. The van der Waals surface area contributed by atoms with Gasteiger partial charge >= 0.3 is 0 Å². The summed E-state index contributed by atoms with van der Waals surface area (Å²) in [7, 11) is 0. The fourth-order valence-electron chi connectivity index (χ4n) is 3.60. The molecule has 2 aromatic heterocycles. The van der Waals surface area contributed by atoms with Crippen LogP contribution < -0.4 is 5.32 Å². The van der Waals surface area contributed by atoms with Gasteiger partial charge in [-0.15, -0.1) is 0 Å². The topological polar surface area (TPSA) is 70.9 Å². The molecule has 2 N–H and O–H groups in total. The van der Waals surface area contributed by atoms with E-state index in [9.17, 15) is 9.50 Å². The first kappa shape index (κ1) is 22.1. The Hall–Kier alpha value is -3.09. The van der Waals surface area contributed by atoms with Crippen molar-refractivity contribution in [2.24, 2.45) is 0 Å². The first-order chi connectivity index (χ1) is 15.1. The predicted octanol–water partition coefficient (Wildman–Crippen LogP) is 6.19. The summed E-state index contributed by atoms with van der Waals surface area (Å²) < 4.78 is 14.3. The number of benzene rings is 2. The molecule has 0 radical (unpaired) electrons. The second-order valence-electron chi connectivity index (χ2n) is 8.36. The molecule has 2 heterocycles. The number of nitrogens with zero attached hydrogens (tertiary/aromatic N) is 3. The average Bonchev–Trinajstić information content (AvgIpc) is 2.76. The van der Waals surface area contributed by atoms with Crippen LogP contribution in [0.25, 0.3) is 22.0 Å². The molecule has 4 rings (SSSR count). The molecule has 0 saturated carbocycles. The summed E-state index contributed by atoms with van der Waals surface area (Å²) in [6.45, 7) is 7.02. The third-order valence-electron chi connectivity index (χ3n) is 5.36.